The standard InChI is InChI=1S/C29H50O/c1-7-21(19(2)3)9-8-20(4)24-10-12-26-25(24)11-13-27-28(5)17-15-23(30)18-22(28)14-16-29(26,27)6/h14,19-21,23-27,30H,7-13,15-18H2,1-6H3. The molecule has 1 heteroatoms. The zero-order valence-electron chi connectivity index (χ0n) is 20.9. The predicted octanol–water partition coefficient (Wildman–Crippen LogP) is 8.02. The third-order valence-corrected chi connectivity index (χ3v) is 11.2. The van der Waals surface area contributed by atoms with Crippen LogP contribution in [0.3, 0.4) is 0 Å². The SMILES string of the molecule is CCC(CCC(C)C1CCC2C1CCC1C3(C)CCC(O)CC3=CCC21C)C(C)C. The summed E-state index contributed by atoms with van der Waals surface area (Å²) >= 11 is 0. The normalized spacial score (nSPS) is 45.3. The van der Waals surface area contributed by atoms with E-state index >= 15 is 0 Å². The Bertz CT molecular complexity index is 634. The average molecular weight is 415 g/mol. The zero-order chi connectivity index (χ0) is 21.7. The lowest BCUT2D eigenvalue weighted by atomic mass is 9.44. The average Bonchev–Trinajstić information content (AvgIpc) is 3.14. The molecule has 0 bridgehead atoms. The Hall–Kier alpha value is -0.300. The van der Waals surface area contributed by atoms with E-state index in [9.17, 15) is 5.11 Å². The molecule has 0 aromatic carbocycles. The van der Waals surface area contributed by atoms with E-state index in [1.54, 1.807) is 5.57 Å². The summed E-state index contributed by atoms with van der Waals surface area (Å²) in [5, 5.41) is 10.3. The second kappa shape index (κ2) is 8.57. The van der Waals surface area contributed by atoms with Gasteiger partial charge >= 0.3 is 0 Å². The maximum atomic E-state index is 10.3. The van der Waals surface area contributed by atoms with E-state index in [1.807, 2.05) is 0 Å². The molecule has 3 saturated carbocycles. The van der Waals surface area contributed by atoms with Gasteiger partial charge < -0.3 is 5.11 Å². The van der Waals surface area contributed by atoms with E-state index in [-0.39, 0.29) is 6.10 Å². The van der Waals surface area contributed by atoms with Crippen molar-refractivity contribution in [1.29, 1.82) is 0 Å². The molecule has 4 aliphatic rings. The Labute approximate surface area is 187 Å². The topological polar surface area (TPSA) is 20.2 Å². The summed E-state index contributed by atoms with van der Waals surface area (Å²) in [6.07, 6.45) is 17.1. The number of aliphatic hydroxyl groups excluding tert-OH is 1. The molecular weight excluding hydrogens is 364 g/mol. The largest absolute Gasteiger partial charge is 0.393 e. The highest BCUT2D eigenvalue weighted by atomic mass is 16.3. The first kappa shape index (κ1) is 22.9. The van der Waals surface area contributed by atoms with Crippen LogP contribution in [-0.4, -0.2) is 11.2 Å². The van der Waals surface area contributed by atoms with Crippen molar-refractivity contribution in [3.05, 3.63) is 11.6 Å². The predicted molar refractivity (Wildman–Crippen MR) is 128 cm³/mol. The summed E-state index contributed by atoms with van der Waals surface area (Å²) in [4.78, 5) is 0. The third-order valence-electron chi connectivity index (χ3n) is 11.2. The third kappa shape index (κ3) is 3.74. The smallest absolute Gasteiger partial charge is 0.0577 e. The molecule has 0 spiro atoms. The molecule has 9 unspecified atom stereocenters. The minimum atomic E-state index is -0.0838. The minimum absolute atomic E-state index is 0.0838. The number of hydrogen-bond acceptors (Lipinski definition) is 1. The molecule has 0 aliphatic heterocycles. The highest BCUT2D eigenvalue weighted by molar-refractivity contribution is 5.27. The lowest BCUT2D eigenvalue weighted by molar-refractivity contribution is -0.0773. The molecule has 0 radical (unpaired) electrons. The van der Waals surface area contributed by atoms with E-state index in [4.69, 9.17) is 0 Å². The second-order valence-corrected chi connectivity index (χ2v) is 12.9. The highest BCUT2D eigenvalue weighted by Crippen LogP contribution is 2.68. The van der Waals surface area contributed by atoms with Crippen molar-refractivity contribution >= 4 is 0 Å². The van der Waals surface area contributed by atoms with Gasteiger partial charge in [-0.2, -0.15) is 0 Å². The van der Waals surface area contributed by atoms with Gasteiger partial charge in [-0.25, -0.2) is 0 Å². The summed E-state index contributed by atoms with van der Waals surface area (Å²) in [7, 11) is 0. The quantitative estimate of drug-likeness (QED) is 0.436. The first-order valence-electron chi connectivity index (χ1n) is 13.6. The van der Waals surface area contributed by atoms with Crippen LogP contribution in [0.1, 0.15) is 112 Å². The van der Waals surface area contributed by atoms with Gasteiger partial charge in [-0.15, -0.1) is 0 Å². The van der Waals surface area contributed by atoms with E-state index in [0.717, 1.165) is 54.3 Å². The maximum absolute atomic E-state index is 10.3. The molecule has 30 heavy (non-hydrogen) atoms. The molecule has 0 amide bonds. The van der Waals surface area contributed by atoms with Crippen molar-refractivity contribution in [3.63, 3.8) is 0 Å². The minimum Gasteiger partial charge on any atom is -0.393 e. The molecule has 0 aromatic heterocycles. The Morgan fingerprint density at radius 3 is 2.50 bits per heavy atom. The fourth-order valence-electron chi connectivity index (χ4n) is 9.30. The summed E-state index contributed by atoms with van der Waals surface area (Å²) in [5.74, 6) is 6.41. The number of allylic oxidation sites excluding steroid dienone is 1. The van der Waals surface area contributed by atoms with Gasteiger partial charge in [-0.3, -0.25) is 0 Å². The Morgan fingerprint density at radius 1 is 1.03 bits per heavy atom. The van der Waals surface area contributed by atoms with E-state index in [2.05, 4.69) is 47.6 Å². The van der Waals surface area contributed by atoms with Crippen LogP contribution in [0.2, 0.25) is 0 Å². The molecule has 172 valence electrons. The Kier molecular flexibility index (Phi) is 6.53. The number of aliphatic hydroxyl groups is 1. The Balaban J connectivity index is 1.47. The molecule has 0 aromatic rings. The summed E-state index contributed by atoms with van der Waals surface area (Å²) in [6.45, 7) is 15.1. The molecule has 0 saturated heterocycles. The molecule has 1 N–H and O–H groups in total. The van der Waals surface area contributed by atoms with Crippen LogP contribution in [0.4, 0.5) is 0 Å². The van der Waals surface area contributed by atoms with Crippen LogP contribution >= 0.6 is 0 Å². The molecule has 1 nitrogen and oxygen atoms in total. The number of fused-ring (bicyclic) bond motifs is 5. The van der Waals surface area contributed by atoms with Crippen molar-refractivity contribution in [1.82, 2.24) is 0 Å². The van der Waals surface area contributed by atoms with Gasteiger partial charge in [0.15, 0.2) is 0 Å². The van der Waals surface area contributed by atoms with Gasteiger partial charge in [-0.05, 0) is 110 Å². The van der Waals surface area contributed by atoms with Crippen molar-refractivity contribution in [2.24, 2.45) is 52.3 Å². The lowest BCUT2D eigenvalue weighted by Crippen LogP contribution is -2.53. The maximum Gasteiger partial charge on any atom is 0.0577 e. The fourth-order valence-corrected chi connectivity index (χ4v) is 9.30. The van der Waals surface area contributed by atoms with Crippen LogP contribution in [-0.2, 0) is 0 Å². The fraction of sp³-hybridized carbons (Fsp3) is 0.931. The summed E-state index contributed by atoms with van der Waals surface area (Å²) in [5.41, 5.74) is 2.48. The van der Waals surface area contributed by atoms with Gasteiger partial charge in [0.05, 0.1) is 6.10 Å². The summed E-state index contributed by atoms with van der Waals surface area (Å²) in [6, 6.07) is 0. The van der Waals surface area contributed by atoms with E-state index in [0.29, 0.717) is 10.8 Å². The monoisotopic (exact) mass is 414 g/mol. The van der Waals surface area contributed by atoms with E-state index < -0.39 is 0 Å². The zero-order valence-corrected chi connectivity index (χ0v) is 20.9. The first-order valence-corrected chi connectivity index (χ1v) is 13.6. The van der Waals surface area contributed by atoms with Crippen LogP contribution in [0.5, 0.6) is 0 Å². The molecular formula is C29H50O. The van der Waals surface area contributed by atoms with Gasteiger partial charge in [0, 0.05) is 0 Å². The molecule has 9 atom stereocenters. The van der Waals surface area contributed by atoms with Crippen LogP contribution in [0.15, 0.2) is 11.6 Å². The van der Waals surface area contributed by atoms with Crippen LogP contribution in [0, 0.1) is 52.3 Å². The molecule has 0 heterocycles. The van der Waals surface area contributed by atoms with Crippen molar-refractivity contribution in [2.75, 3.05) is 0 Å². The highest BCUT2D eigenvalue weighted by Gasteiger charge is 2.59. The molecule has 3 fully saturated rings. The number of hydrogen-bond donors (Lipinski definition) is 1. The first-order chi connectivity index (χ1) is 14.2. The van der Waals surface area contributed by atoms with Gasteiger partial charge in [0.2, 0.25) is 0 Å². The summed E-state index contributed by atoms with van der Waals surface area (Å²) < 4.78 is 0. The van der Waals surface area contributed by atoms with Crippen LogP contribution in [0.25, 0.3) is 0 Å². The van der Waals surface area contributed by atoms with Crippen LogP contribution < -0.4 is 0 Å². The van der Waals surface area contributed by atoms with Crippen molar-refractivity contribution in [2.45, 2.75) is 118 Å². The Morgan fingerprint density at radius 2 is 1.80 bits per heavy atom. The van der Waals surface area contributed by atoms with Gasteiger partial charge in [0.1, 0.15) is 0 Å². The van der Waals surface area contributed by atoms with Crippen molar-refractivity contribution < 1.29 is 5.11 Å². The number of rotatable bonds is 6. The second-order valence-electron chi connectivity index (χ2n) is 12.9. The van der Waals surface area contributed by atoms with Gasteiger partial charge in [0.25, 0.3) is 0 Å². The van der Waals surface area contributed by atoms with E-state index in [1.165, 1.54) is 57.8 Å². The molecule has 4 rings (SSSR count). The lowest BCUT2D eigenvalue weighted by Gasteiger charge is -2.61. The van der Waals surface area contributed by atoms with Crippen molar-refractivity contribution in [3.8, 4) is 0 Å². The van der Waals surface area contributed by atoms with Gasteiger partial charge in [-0.1, -0.05) is 66.0 Å². The molecule has 4 aliphatic carbocycles.